The fourth-order valence-corrected chi connectivity index (χ4v) is 1.68. The summed E-state index contributed by atoms with van der Waals surface area (Å²) < 4.78 is 24.0. The lowest BCUT2D eigenvalue weighted by atomic mass is 10.2. The zero-order valence-corrected chi connectivity index (χ0v) is 10.00. The van der Waals surface area contributed by atoms with E-state index in [-0.39, 0.29) is 0 Å². The summed E-state index contributed by atoms with van der Waals surface area (Å²) in [5.74, 6) is -1.40. The molecule has 0 fully saturated rings. The highest BCUT2D eigenvalue weighted by molar-refractivity contribution is 7.90. The molecule has 0 aliphatic heterocycles. The molecule has 0 heterocycles. The maximum Gasteiger partial charge on any atom is 0.324 e. The van der Waals surface area contributed by atoms with Crippen LogP contribution in [0.15, 0.2) is 0 Å². The molecule has 7 heteroatoms. The van der Waals surface area contributed by atoms with Crippen LogP contribution in [-0.2, 0) is 14.8 Å². The van der Waals surface area contributed by atoms with E-state index < -0.39 is 32.9 Å². The second-order valence-electron chi connectivity index (χ2n) is 4.29. The molecule has 0 aliphatic carbocycles. The Balaban J connectivity index is 4.93. The minimum Gasteiger partial charge on any atom is -0.480 e. The summed E-state index contributed by atoms with van der Waals surface area (Å²) in [7, 11) is -3.78. The highest BCUT2D eigenvalue weighted by Crippen LogP contribution is 2.14. The number of nitrogens with one attached hydrogen (secondary N) is 1. The quantitative estimate of drug-likeness (QED) is 0.615. The minimum absolute atomic E-state index is 1.12. The van der Waals surface area contributed by atoms with Gasteiger partial charge in [-0.2, -0.15) is 4.72 Å². The lowest BCUT2D eigenvalue weighted by Crippen LogP contribution is -2.52. The van der Waals surface area contributed by atoms with E-state index >= 15 is 0 Å². The van der Waals surface area contributed by atoms with Gasteiger partial charge >= 0.3 is 5.97 Å². The Bertz CT molecular complexity index is 327. The van der Waals surface area contributed by atoms with Crippen molar-refractivity contribution in [3.63, 3.8) is 0 Å². The lowest BCUT2D eigenvalue weighted by molar-refractivity contribution is -0.141. The Hall–Kier alpha value is -0.660. The van der Waals surface area contributed by atoms with E-state index in [9.17, 15) is 13.2 Å². The average Bonchev–Trinajstić information content (AvgIpc) is 1.96. The highest BCUT2D eigenvalue weighted by atomic mass is 32.2. The van der Waals surface area contributed by atoms with Crippen LogP contribution in [0.3, 0.4) is 0 Å². The van der Waals surface area contributed by atoms with Gasteiger partial charge in [0.05, 0.1) is 10.9 Å². The smallest absolute Gasteiger partial charge is 0.324 e. The van der Waals surface area contributed by atoms with Crippen molar-refractivity contribution in [2.75, 3.05) is 0 Å². The summed E-state index contributed by atoms with van der Waals surface area (Å²) in [5.41, 5.74) is 0. The fraction of sp³-hybridized carbons (Fsp3) is 0.875. The Morgan fingerprint density at radius 1 is 1.33 bits per heavy atom. The number of hydrogen-bond donors (Lipinski definition) is 3. The molecule has 0 aromatic heterocycles. The molecular weight excluding hydrogens is 222 g/mol. The molecule has 0 aromatic rings. The van der Waals surface area contributed by atoms with Crippen LogP contribution in [0.25, 0.3) is 0 Å². The van der Waals surface area contributed by atoms with Crippen molar-refractivity contribution >= 4 is 16.0 Å². The first-order chi connectivity index (χ1) is 6.49. The van der Waals surface area contributed by atoms with E-state index in [0.717, 1.165) is 0 Å². The SMILES string of the molecule is C[C@@H](O)[C@H](NS(=O)(=O)C(C)(C)C)C(=O)O. The predicted octanol–water partition coefficient (Wildman–Crippen LogP) is -0.462. The molecule has 0 rings (SSSR count). The second kappa shape index (κ2) is 4.46. The molecule has 6 nitrogen and oxygen atoms in total. The standard InChI is InChI=1S/C8H17NO5S/c1-5(10)6(7(11)12)9-15(13,14)8(2,3)4/h5-6,9-10H,1-4H3,(H,11,12)/t5-,6+/m1/s1. The molecule has 0 radical (unpaired) electrons. The van der Waals surface area contributed by atoms with E-state index in [0.29, 0.717) is 0 Å². The van der Waals surface area contributed by atoms with Gasteiger partial charge in [0, 0.05) is 0 Å². The predicted molar refractivity (Wildman–Crippen MR) is 54.9 cm³/mol. The van der Waals surface area contributed by atoms with Crippen LogP contribution in [0.1, 0.15) is 27.7 Å². The van der Waals surface area contributed by atoms with Crippen molar-refractivity contribution in [3.8, 4) is 0 Å². The maximum atomic E-state index is 11.6. The molecule has 0 spiro atoms. The second-order valence-corrected chi connectivity index (χ2v) is 6.76. The first-order valence-electron chi connectivity index (χ1n) is 4.42. The van der Waals surface area contributed by atoms with Crippen molar-refractivity contribution in [2.45, 2.75) is 44.6 Å². The number of aliphatic hydroxyl groups excluding tert-OH is 1. The molecule has 0 unspecified atom stereocenters. The molecule has 0 saturated heterocycles. The summed E-state index contributed by atoms with van der Waals surface area (Å²) in [6.07, 6.45) is -1.29. The number of rotatable bonds is 4. The van der Waals surface area contributed by atoms with Gasteiger partial charge in [0.2, 0.25) is 10.0 Å². The van der Waals surface area contributed by atoms with Crippen molar-refractivity contribution < 1.29 is 23.4 Å². The summed E-state index contributed by atoms with van der Waals surface area (Å²) in [5, 5.41) is 17.8. The van der Waals surface area contributed by atoms with Gasteiger partial charge in [-0.1, -0.05) is 0 Å². The van der Waals surface area contributed by atoms with Crippen LogP contribution in [0.4, 0.5) is 0 Å². The van der Waals surface area contributed by atoms with Crippen molar-refractivity contribution in [1.29, 1.82) is 0 Å². The summed E-state index contributed by atoms with van der Waals surface area (Å²) >= 11 is 0. The molecule has 3 N–H and O–H groups in total. The first-order valence-corrected chi connectivity index (χ1v) is 5.90. The maximum absolute atomic E-state index is 11.6. The molecule has 15 heavy (non-hydrogen) atoms. The van der Waals surface area contributed by atoms with E-state index in [4.69, 9.17) is 10.2 Å². The number of hydrogen-bond acceptors (Lipinski definition) is 4. The molecule has 0 aromatic carbocycles. The lowest BCUT2D eigenvalue weighted by Gasteiger charge is -2.24. The van der Waals surface area contributed by atoms with Crippen LogP contribution in [-0.4, -0.2) is 41.5 Å². The third-order valence-corrected chi connectivity index (χ3v) is 4.01. The van der Waals surface area contributed by atoms with Gasteiger partial charge in [-0.05, 0) is 27.7 Å². The summed E-state index contributed by atoms with van der Waals surface area (Å²) in [6.45, 7) is 5.53. The van der Waals surface area contributed by atoms with Crippen LogP contribution >= 0.6 is 0 Å². The molecule has 0 bridgehead atoms. The number of carboxylic acids is 1. The van der Waals surface area contributed by atoms with Gasteiger partial charge in [-0.25, -0.2) is 8.42 Å². The number of carboxylic acid groups (broad SMARTS) is 1. The van der Waals surface area contributed by atoms with Crippen molar-refractivity contribution in [1.82, 2.24) is 4.72 Å². The largest absolute Gasteiger partial charge is 0.480 e. The monoisotopic (exact) mass is 239 g/mol. The van der Waals surface area contributed by atoms with E-state index in [1.165, 1.54) is 27.7 Å². The number of carbonyl (C=O) groups is 1. The van der Waals surface area contributed by atoms with Crippen LogP contribution in [0, 0.1) is 0 Å². The van der Waals surface area contributed by atoms with Crippen LogP contribution in [0.5, 0.6) is 0 Å². The van der Waals surface area contributed by atoms with Gasteiger partial charge in [0.1, 0.15) is 6.04 Å². The van der Waals surface area contributed by atoms with Gasteiger partial charge in [0.15, 0.2) is 0 Å². The Morgan fingerprint density at radius 3 is 1.93 bits per heavy atom. The van der Waals surface area contributed by atoms with E-state index in [1.54, 1.807) is 0 Å². The minimum atomic E-state index is -3.78. The fourth-order valence-electron chi connectivity index (χ4n) is 0.699. The third kappa shape index (κ3) is 3.77. The Labute approximate surface area is 89.4 Å². The molecule has 90 valence electrons. The van der Waals surface area contributed by atoms with Crippen molar-refractivity contribution in [2.24, 2.45) is 0 Å². The van der Waals surface area contributed by atoms with Crippen molar-refractivity contribution in [3.05, 3.63) is 0 Å². The third-order valence-electron chi connectivity index (χ3n) is 1.84. The average molecular weight is 239 g/mol. The number of sulfonamides is 1. The topological polar surface area (TPSA) is 104 Å². The number of aliphatic carboxylic acids is 1. The Morgan fingerprint density at radius 2 is 1.73 bits per heavy atom. The number of aliphatic hydroxyl groups is 1. The van der Waals surface area contributed by atoms with E-state index in [2.05, 4.69) is 0 Å². The zero-order chi connectivity index (χ0) is 12.4. The Kier molecular flexibility index (Phi) is 4.26. The van der Waals surface area contributed by atoms with Crippen LogP contribution < -0.4 is 4.72 Å². The molecule has 0 saturated carbocycles. The van der Waals surface area contributed by atoms with Crippen LogP contribution in [0.2, 0.25) is 0 Å². The molecular formula is C8H17NO5S. The zero-order valence-electron chi connectivity index (χ0n) is 9.18. The van der Waals surface area contributed by atoms with Gasteiger partial charge in [-0.15, -0.1) is 0 Å². The molecule has 0 aliphatic rings. The van der Waals surface area contributed by atoms with Gasteiger partial charge in [0.25, 0.3) is 0 Å². The highest BCUT2D eigenvalue weighted by Gasteiger charge is 2.35. The first kappa shape index (κ1) is 14.3. The summed E-state index contributed by atoms with van der Waals surface area (Å²) in [4.78, 5) is 10.7. The normalized spacial score (nSPS) is 17.1. The van der Waals surface area contributed by atoms with Gasteiger partial charge in [-0.3, -0.25) is 4.79 Å². The van der Waals surface area contributed by atoms with E-state index in [1.807, 2.05) is 4.72 Å². The molecule has 0 amide bonds. The molecule has 2 atom stereocenters. The van der Waals surface area contributed by atoms with Gasteiger partial charge < -0.3 is 10.2 Å². The summed E-state index contributed by atoms with van der Waals surface area (Å²) in [6, 6.07) is -1.52.